The number of hydrogen-bond acceptors (Lipinski definition) is 4. The second kappa shape index (κ2) is 14.4. The van der Waals surface area contributed by atoms with Crippen molar-refractivity contribution in [2.75, 3.05) is 11.4 Å². The highest BCUT2D eigenvalue weighted by molar-refractivity contribution is 14.1. The van der Waals surface area contributed by atoms with Gasteiger partial charge in [0.25, 0.3) is 0 Å². The zero-order chi connectivity index (χ0) is 33.7. The molecule has 0 aliphatic carbocycles. The molecule has 3 heterocycles. The normalized spacial score (nSPS) is 15.8. The van der Waals surface area contributed by atoms with Crippen LogP contribution in [0.25, 0.3) is 49.6 Å². The minimum absolute atomic E-state index is 0.265. The molecule has 2 aromatic heterocycles. The lowest BCUT2D eigenvalue weighted by molar-refractivity contribution is 1.26. The highest BCUT2D eigenvalue weighted by atomic mass is 127. The van der Waals surface area contributed by atoms with E-state index in [2.05, 4.69) is 177 Å². The Hall–Kier alpha value is -5.66. The van der Waals surface area contributed by atoms with Crippen LogP contribution in [-0.4, -0.2) is 26.7 Å². The van der Waals surface area contributed by atoms with Crippen molar-refractivity contribution in [1.29, 1.82) is 0 Å². The number of hydrogen-bond donors (Lipinski definition) is 0. The number of pyridine rings is 2. The van der Waals surface area contributed by atoms with Gasteiger partial charge in [0, 0.05) is 55.9 Å². The summed E-state index contributed by atoms with van der Waals surface area (Å²) in [5.74, 6) is 0. The van der Waals surface area contributed by atoms with E-state index in [0.717, 1.165) is 55.6 Å². The summed E-state index contributed by atoms with van der Waals surface area (Å²) < 4.78 is 0.265. The smallest absolute Gasteiger partial charge is 0.0702 e. The molecule has 0 saturated carbocycles. The molecule has 1 aliphatic rings. The number of anilines is 3. The van der Waals surface area contributed by atoms with Gasteiger partial charge in [-0.2, -0.15) is 0 Å². The minimum atomic E-state index is 0.265. The fourth-order valence-corrected chi connectivity index (χ4v) is 6.96. The van der Waals surface area contributed by atoms with E-state index < -0.39 is 0 Å². The van der Waals surface area contributed by atoms with Crippen molar-refractivity contribution < 1.29 is 0 Å². The first-order valence-electron chi connectivity index (χ1n) is 16.7. The molecule has 0 radical (unpaired) electrons. The van der Waals surface area contributed by atoms with Crippen LogP contribution < -0.4 is 4.90 Å². The van der Waals surface area contributed by atoms with Gasteiger partial charge < -0.3 is 4.90 Å². The fourth-order valence-electron chi connectivity index (χ4n) is 6.33. The number of alkyl halides is 1. The number of allylic oxidation sites excluding steroid dienone is 5. The summed E-state index contributed by atoms with van der Waals surface area (Å²) in [4.78, 5) is 15.9. The van der Waals surface area contributed by atoms with Crippen LogP contribution in [0, 0.1) is 0 Å². The minimum Gasteiger partial charge on any atom is -0.311 e. The molecule has 0 amide bonds. The lowest BCUT2D eigenvalue weighted by atomic mass is 10.0. The van der Waals surface area contributed by atoms with Crippen molar-refractivity contribution >= 4 is 73.2 Å². The third-order valence-electron chi connectivity index (χ3n) is 8.90. The Balaban J connectivity index is 1.15. The quantitative estimate of drug-likeness (QED) is 0.125. The van der Waals surface area contributed by atoms with E-state index in [1.54, 1.807) is 0 Å². The fraction of sp³-hybridized carbons (Fsp3) is 0.0444. The Kier molecular flexibility index (Phi) is 9.13. The van der Waals surface area contributed by atoms with Crippen LogP contribution in [-0.2, 0) is 0 Å². The van der Waals surface area contributed by atoms with Crippen molar-refractivity contribution in [1.82, 2.24) is 9.97 Å². The number of para-hydroxylation sites is 1. The molecule has 1 unspecified atom stereocenters. The van der Waals surface area contributed by atoms with Gasteiger partial charge in [0.05, 0.1) is 17.6 Å². The molecular weight excluding hydrogens is 723 g/mol. The van der Waals surface area contributed by atoms with Crippen molar-refractivity contribution in [2.24, 2.45) is 4.99 Å². The van der Waals surface area contributed by atoms with Gasteiger partial charge in [0.1, 0.15) is 0 Å². The SMILES string of the molecule is IC1C=C(c2ccc(N(c3ccc(-c4ccc5ncccc5c4)cc3)c3ccc(-c4cnc5ccccc5c4)cc3)cc2)/C=C\CN=C/C=C\1. The van der Waals surface area contributed by atoms with Gasteiger partial charge in [-0.1, -0.05) is 114 Å². The van der Waals surface area contributed by atoms with Gasteiger partial charge >= 0.3 is 0 Å². The van der Waals surface area contributed by atoms with Crippen molar-refractivity contribution in [2.45, 2.75) is 3.92 Å². The van der Waals surface area contributed by atoms with Crippen LogP contribution in [0.4, 0.5) is 17.1 Å². The Bertz CT molecular complexity index is 2280. The predicted octanol–water partition coefficient (Wildman–Crippen LogP) is 12.0. The number of aromatic nitrogens is 2. The molecular formula is C45H33IN4. The van der Waals surface area contributed by atoms with E-state index in [4.69, 9.17) is 4.98 Å². The summed E-state index contributed by atoms with van der Waals surface area (Å²) in [7, 11) is 0. The number of halogens is 1. The Morgan fingerprint density at radius 3 is 1.92 bits per heavy atom. The zero-order valence-electron chi connectivity index (χ0n) is 27.3. The van der Waals surface area contributed by atoms with Crippen molar-refractivity contribution in [3.63, 3.8) is 0 Å². The molecule has 50 heavy (non-hydrogen) atoms. The summed E-state index contributed by atoms with van der Waals surface area (Å²) in [5.41, 5.74) is 12.2. The van der Waals surface area contributed by atoms with Gasteiger partial charge in [-0.25, -0.2) is 0 Å². The molecule has 5 aromatic carbocycles. The molecule has 0 N–H and O–H groups in total. The van der Waals surface area contributed by atoms with Crippen LogP contribution in [0.1, 0.15) is 5.56 Å². The molecule has 0 fully saturated rings. The van der Waals surface area contributed by atoms with E-state index in [-0.39, 0.29) is 3.92 Å². The first-order valence-corrected chi connectivity index (χ1v) is 17.9. The summed E-state index contributed by atoms with van der Waals surface area (Å²) in [6, 6.07) is 47.4. The molecule has 4 nitrogen and oxygen atoms in total. The van der Waals surface area contributed by atoms with E-state index in [9.17, 15) is 0 Å². The zero-order valence-corrected chi connectivity index (χ0v) is 29.4. The second-order valence-corrected chi connectivity index (χ2v) is 13.6. The standard InChI is InChI=1S/C45H33IN4/c46-40-9-5-26-47-25-3-7-35(30-40)32-11-18-41(19-12-32)50(42-20-13-33(14-21-42)36-17-24-45-38(28-36)8-4-27-48-45)43-22-15-34(16-23-43)39-29-37-6-1-2-10-44(37)49-31-39/h1-24,26-31,40H,25H2/b7-3-,9-5-,35-30?,47-26?. The lowest BCUT2D eigenvalue weighted by Gasteiger charge is -2.26. The molecule has 1 atom stereocenters. The average molecular weight is 757 g/mol. The molecule has 0 spiro atoms. The van der Waals surface area contributed by atoms with Gasteiger partial charge in [0.2, 0.25) is 0 Å². The largest absolute Gasteiger partial charge is 0.311 e. The number of rotatable bonds is 6. The van der Waals surface area contributed by atoms with Crippen molar-refractivity contribution in [3.8, 4) is 22.3 Å². The van der Waals surface area contributed by atoms with Gasteiger partial charge in [-0.3, -0.25) is 15.0 Å². The molecule has 0 bridgehead atoms. The predicted molar refractivity (Wildman–Crippen MR) is 220 cm³/mol. The maximum atomic E-state index is 4.70. The molecule has 240 valence electrons. The van der Waals surface area contributed by atoms with Crippen LogP contribution >= 0.6 is 22.6 Å². The van der Waals surface area contributed by atoms with E-state index in [1.165, 1.54) is 16.7 Å². The van der Waals surface area contributed by atoms with E-state index in [1.807, 2.05) is 42.9 Å². The van der Waals surface area contributed by atoms with Gasteiger partial charge in [-0.15, -0.1) is 0 Å². The van der Waals surface area contributed by atoms with Crippen LogP contribution in [0.3, 0.4) is 0 Å². The second-order valence-electron chi connectivity index (χ2n) is 12.2. The Morgan fingerprint density at radius 2 is 1.18 bits per heavy atom. The first-order chi connectivity index (χ1) is 24.7. The summed E-state index contributed by atoms with van der Waals surface area (Å²) in [5, 5.41) is 2.27. The third kappa shape index (κ3) is 6.91. The topological polar surface area (TPSA) is 41.4 Å². The summed E-state index contributed by atoms with van der Waals surface area (Å²) >= 11 is 2.45. The summed E-state index contributed by atoms with van der Waals surface area (Å²) in [6.45, 7) is 0.663. The Labute approximate surface area is 306 Å². The molecule has 0 saturated heterocycles. The van der Waals surface area contributed by atoms with Crippen molar-refractivity contribution in [3.05, 3.63) is 182 Å². The number of aliphatic imine (C=N–C) groups is 1. The maximum Gasteiger partial charge on any atom is 0.0702 e. The molecule has 7 aromatic rings. The number of nitrogens with zero attached hydrogens (tertiary/aromatic N) is 4. The third-order valence-corrected chi connectivity index (χ3v) is 9.68. The molecule has 5 heteroatoms. The van der Waals surface area contributed by atoms with Gasteiger partial charge in [-0.05, 0) is 101 Å². The maximum absolute atomic E-state index is 4.70. The lowest BCUT2D eigenvalue weighted by Crippen LogP contribution is -2.10. The highest BCUT2D eigenvalue weighted by Gasteiger charge is 2.15. The van der Waals surface area contributed by atoms with Crippen LogP contribution in [0.5, 0.6) is 0 Å². The highest BCUT2D eigenvalue weighted by Crippen LogP contribution is 2.38. The summed E-state index contributed by atoms with van der Waals surface area (Å²) in [6.07, 6.45) is 16.4. The number of fused-ring (bicyclic) bond motifs is 2. The van der Waals surface area contributed by atoms with Crippen LogP contribution in [0.2, 0.25) is 0 Å². The average Bonchev–Trinajstić information content (AvgIpc) is 3.18. The Morgan fingerprint density at radius 1 is 0.580 bits per heavy atom. The van der Waals surface area contributed by atoms with Gasteiger partial charge in [0.15, 0.2) is 0 Å². The van der Waals surface area contributed by atoms with Crippen LogP contribution in [0.15, 0.2) is 181 Å². The molecule has 1 aliphatic heterocycles. The molecule has 8 rings (SSSR count). The first kappa shape index (κ1) is 31.6. The monoisotopic (exact) mass is 756 g/mol. The van der Waals surface area contributed by atoms with E-state index >= 15 is 0 Å². The van der Waals surface area contributed by atoms with E-state index in [0.29, 0.717) is 6.54 Å². The number of benzene rings is 5.